The van der Waals surface area contributed by atoms with Crippen LogP contribution in [-0.4, -0.2) is 113 Å². The zero-order valence-corrected chi connectivity index (χ0v) is 35.8. The summed E-state index contributed by atoms with van der Waals surface area (Å²) in [6.07, 6.45) is 8.71. The Kier molecular flexibility index (Phi) is 22.7. The lowest BCUT2D eigenvalue weighted by molar-refractivity contribution is 0.0333. The van der Waals surface area contributed by atoms with Crippen molar-refractivity contribution in [2.45, 2.75) is 135 Å². The van der Waals surface area contributed by atoms with E-state index >= 15 is 0 Å². The number of rotatable bonds is 10. The van der Waals surface area contributed by atoms with Gasteiger partial charge in [0, 0.05) is 45.7 Å². The quantitative estimate of drug-likeness (QED) is 0.221. The van der Waals surface area contributed by atoms with E-state index < -0.39 is 5.82 Å². The second-order valence-corrected chi connectivity index (χ2v) is 19.5. The smallest absolute Gasteiger partial charge is 0.396 e. The molecule has 0 atom stereocenters. The Bertz CT molecular complexity index is 1040. The SMILES string of the molecule is CC(C)(C)CCCCN1CCOCC1.CC(C)(C)CCCN1CCOCC1.CC(C)(C)CCN1CCOCC1.Cc1oc(=O)oc1CC(C)(C)C. The van der Waals surface area contributed by atoms with Gasteiger partial charge >= 0.3 is 5.82 Å². The van der Waals surface area contributed by atoms with Gasteiger partial charge in [-0.2, -0.15) is 0 Å². The van der Waals surface area contributed by atoms with Crippen molar-refractivity contribution in [3.63, 3.8) is 0 Å². The maximum atomic E-state index is 10.7. The molecule has 3 saturated heterocycles. The molecule has 9 heteroatoms. The molecule has 0 aromatic carbocycles. The Morgan fingerprint density at radius 1 is 0.471 bits per heavy atom. The van der Waals surface area contributed by atoms with Gasteiger partial charge in [-0.15, -0.1) is 0 Å². The van der Waals surface area contributed by atoms with E-state index in [1.54, 1.807) is 6.92 Å². The van der Waals surface area contributed by atoms with Crippen molar-refractivity contribution in [2.75, 3.05) is 98.5 Å². The van der Waals surface area contributed by atoms with Crippen LogP contribution in [0.1, 0.15) is 133 Å². The number of unbranched alkanes of at least 4 members (excludes halogenated alkanes) is 1. The number of hydrogen-bond donors (Lipinski definition) is 0. The minimum Gasteiger partial charge on any atom is -0.396 e. The van der Waals surface area contributed by atoms with Crippen molar-refractivity contribution in [1.82, 2.24) is 14.7 Å². The zero-order chi connectivity index (χ0) is 38.6. The van der Waals surface area contributed by atoms with E-state index in [1.807, 2.05) is 0 Å². The van der Waals surface area contributed by atoms with E-state index in [9.17, 15) is 4.79 Å². The summed E-state index contributed by atoms with van der Waals surface area (Å²) >= 11 is 0. The standard InChI is InChI=1S/C12H25NO.C11H23NO.C10H21NO.C9H14O3/c1-12(2,3)6-4-5-7-13-8-10-14-11-9-13;1-11(2,3)5-4-6-12-7-9-13-10-8-12;1-10(2,3)4-5-11-6-8-12-9-7-11;1-6-7(5-9(2,3)4)12-8(10)11-6/h4-11H2,1-3H3;4-10H2,1-3H3;4-9H2,1-3H3;5H2,1-4H3. The van der Waals surface area contributed by atoms with Gasteiger partial charge in [-0.25, -0.2) is 4.79 Å². The average Bonchev–Trinajstić information content (AvgIpc) is 3.34. The highest BCUT2D eigenvalue weighted by molar-refractivity contribution is 5.02. The summed E-state index contributed by atoms with van der Waals surface area (Å²) in [5, 5.41) is 0. The Morgan fingerprint density at radius 2 is 0.843 bits per heavy atom. The first-order valence-electron chi connectivity index (χ1n) is 20.1. The molecule has 0 aliphatic carbocycles. The monoisotopic (exact) mass is 726 g/mol. The molecule has 3 fully saturated rings. The highest BCUT2D eigenvalue weighted by Gasteiger charge is 2.18. The maximum Gasteiger partial charge on any atom is 0.519 e. The third kappa shape index (κ3) is 28.9. The van der Waals surface area contributed by atoms with Crippen molar-refractivity contribution in [2.24, 2.45) is 21.7 Å². The molecule has 0 saturated carbocycles. The van der Waals surface area contributed by atoms with Crippen molar-refractivity contribution in [1.29, 1.82) is 0 Å². The Labute approximate surface area is 314 Å². The maximum absolute atomic E-state index is 10.7. The molecule has 4 heterocycles. The van der Waals surface area contributed by atoms with E-state index in [2.05, 4.69) is 97.8 Å². The van der Waals surface area contributed by atoms with Crippen LogP contribution < -0.4 is 5.82 Å². The summed E-state index contributed by atoms with van der Waals surface area (Å²) in [5.41, 5.74) is 1.58. The van der Waals surface area contributed by atoms with Gasteiger partial charge in [0.2, 0.25) is 0 Å². The van der Waals surface area contributed by atoms with Gasteiger partial charge in [0.15, 0.2) is 0 Å². The number of morpholine rings is 3. The Hall–Kier alpha value is -1.23. The highest BCUT2D eigenvalue weighted by atomic mass is 16.6. The first kappa shape index (κ1) is 47.8. The molecule has 0 spiro atoms. The van der Waals surface area contributed by atoms with Gasteiger partial charge in [-0.3, -0.25) is 14.7 Å². The number of ether oxygens (including phenoxy) is 3. The third-order valence-corrected chi connectivity index (χ3v) is 9.07. The molecule has 0 bridgehead atoms. The predicted octanol–water partition coefficient (Wildman–Crippen LogP) is 8.56. The van der Waals surface area contributed by atoms with Crippen molar-refractivity contribution in [3.8, 4) is 0 Å². The van der Waals surface area contributed by atoms with Crippen LogP contribution in [0.25, 0.3) is 0 Å². The molecule has 0 radical (unpaired) electrons. The molecule has 1 aromatic rings. The molecule has 9 nitrogen and oxygen atoms in total. The van der Waals surface area contributed by atoms with Crippen molar-refractivity contribution < 1.29 is 23.0 Å². The lowest BCUT2D eigenvalue weighted by Gasteiger charge is -2.29. The zero-order valence-electron chi connectivity index (χ0n) is 35.8. The minimum absolute atomic E-state index is 0.116. The molecule has 3 aliphatic rings. The number of aryl methyl sites for hydroxylation is 1. The molecular weight excluding hydrogens is 642 g/mol. The fraction of sp³-hybridized carbons (Fsp3) is 0.929. The van der Waals surface area contributed by atoms with Crippen molar-refractivity contribution >= 4 is 0 Å². The summed E-state index contributed by atoms with van der Waals surface area (Å²) < 4.78 is 25.5. The minimum atomic E-state index is -0.605. The summed E-state index contributed by atoms with van der Waals surface area (Å²) in [5.74, 6) is 0.647. The van der Waals surface area contributed by atoms with Gasteiger partial charge in [-0.1, -0.05) is 89.5 Å². The molecule has 4 rings (SSSR count). The molecule has 1 aromatic heterocycles. The number of hydrogen-bond acceptors (Lipinski definition) is 9. The molecule has 302 valence electrons. The molecule has 0 unspecified atom stereocenters. The van der Waals surface area contributed by atoms with Crippen LogP contribution in [0.15, 0.2) is 13.6 Å². The largest absolute Gasteiger partial charge is 0.519 e. The van der Waals surface area contributed by atoms with E-state index in [1.165, 1.54) is 58.2 Å². The average molecular weight is 726 g/mol. The summed E-state index contributed by atoms with van der Waals surface area (Å²) in [6, 6.07) is 0. The Balaban J connectivity index is 0.000000341. The van der Waals surface area contributed by atoms with Gasteiger partial charge < -0.3 is 23.0 Å². The predicted molar refractivity (Wildman–Crippen MR) is 213 cm³/mol. The lowest BCUT2D eigenvalue weighted by Crippen LogP contribution is -2.37. The topological polar surface area (TPSA) is 80.8 Å². The summed E-state index contributed by atoms with van der Waals surface area (Å²) in [6.45, 7) is 44.9. The van der Waals surface area contributed by atoms with Crippen LogP contribution in [0.3, 0.4) is 0 Å². The fourth-order valence-electron chi connectivity index (χ4n) is 5.81. The van der Waals surface area contributed by atoms with E-state index in [-0.39, 0.29) is 5.41 Å². The summed E-state index contributed by atoms with van der Waals surface area (Å²) in [7, 11) is 0. The third-order valence-electron chi connectivity index (χ3n) is 9.07. The van der Waals surface area contributed by atoms with Gasteiger partial charge in [0.25, 0.3) is 0 Å². The molecule has 0 amide bonds. The van der Waals surface area contributed by atoms with Gasteiger partial charge in [0.1, 0.15) is 11.5 Å². The van der Waals surface area contributed by atoms with Crippen LogP contribution >= 0.6 is 0 Å². The highest BCUT2D eigenvalue weighted by Crippen LogP contribution is 2.23. The first-order chi connectivity index (χ1) is 23.6. The van der Waals surface area contributed by atoms with Crippen molar-refractivity contribution in [3.05, 3.63) is 22.1 Å². The summed E-state index contributed by atoms with van der Waals surface area (Å²) in [4.78, 5) is 18.2. The van der Waals surface area contributed by atoms with Crippen LogP contribution in [0.2, 0.25) is 0 Å². The van der Waals surface area contributed by atoms with E-state index in [0.29, 0.717) is 27.8 Å². The van der Waals surface area contributed by atoms with E-state index in [0.717, 1.165) is 85.3 Å². The molecular formula is C42H83N3O6. The van der Waals surface area contributed by atoms with Gasteiger partial charge in [0.05, 0.1) is 39.6 Å². The van der Waals surface area contributed by atoms with Crippen LogP contribution in [0, 0.1) is 28.6 Å². The van der Waals surface area contributed by atoms with Crippen LogP contribution in [0.4, 0.5) is 0 Å². The molecule has 0 N–H and O–H groups in total. The van der Waals surface area contributed by atoms with Crippen LogP contribution in [0.5, 0.6) is 0 Å². The molecule has 51 heavy (non-hydrogen) atoms. The van der Waals surface area contributed by atoms with Gasteiger partial charge in [-0.05, 0) is 80.3 Å². The Morgan fingerprint density at radius 3 is 1.20 bits per heavy atom. The van der Waals surface area contributed by atoms with E-state index in [4.69, 9.17) is 23.0 Å². The number of nitrogens with zero attached hydrogens (tertiary/aromatic N) is 3. The first-order valence-corrected chi connectivity index (χ1v) is 20.1. The second kappa shape index (κ2) is 24.2. The fourth-order valence-corrected chi connectivity index (χ4v) is 5.81. The normalized spacial score (nSPS) is 18.5. The molecule has 3 aliphatic heterocycles. The lowest BCUT2D eigenvalue weighted by atomic mass is 9.90. The second-order valence-electron chi connectivity index (χ2n) is 19.5. The van der Waals surface area contributed by atoms with Crippen LogP contribution in [-0.2, 0) is 20.6 Å².